The number of carbonyl (C=O) groups is 1. The van der Waals surface area contributed by atoms with Gasteiger partial charge in [-0.25, -0.2) is 4.79 Å². The van der Waals surface area contributed by atoms with Gasteiger partial charge in [0, 0.05) is 22.8 Å². The molecule has 2 amide bonds. The molecule has 1 unspecified atom stereocenters. The Morgan fingerprint density at radius 1 is 1.14 bits per heavy atom. The summed E-state index contributed by atoms with van der Waals surface area (Å²) in [6.07, 6.45) is 1.85. The number of carbonyl (C=O) groups excluding carboxylic acids is 1. The predicted molar refractivity (Wildman–Crippen MR) is 88.6 cm³/mol. The molecule has 3 N–H and O–H groups in total. The Morgan fingerprint density at radius 2 is 1.91 bits per heavy atom. The van der Waals surface area contributed by atoms with Crippen LogP contribution in [0.15, 0.2) is 42.5 Å². The molecular weight excluding hydrogens is 300 g/mol. The lowest BCUT2D eigenvalue weighted by molar-refractivity contribution is 0.159. The summed E-state index contributed by atoms with van der Waals surface area (Å²) < 4.78 is 0. The van der Waals surface area contributed by atoms with Crippen molar-refractivity contribution in [1.82, 2.24) is 0 Å². The zero-order chi connectivity index (χ0) is 15.5. The number of hydrogen-bond donors (Lipinski definition) is 3. The summed E-state index contributed by atoms with van der Waals surface area (Å²) in [5.41, 5.74) is 3.64. The molecule has 3 rings (SSSR count). The second kappa shape index (κ2) is 6.38. The number of benzene rings is 2. The van der Waals surface area contributed by atoms with Crippen molar-refractivity contribution in [3.63, 3.8) is 0 Å². The van der Waals surface area contributed by atoms with Crippen molar-refractivity contribution >= 4 is 29.0 Å². The van der Waals surface area contributed by atoms with Crippen molar-refractivity contribution < 1.29 is 9.90 Å². The van der Waals surface area contributed by atoms with Crippen LogP contribution in [0.5, 0.6) is 0 Å². The van der Waals surface area contributed by atoms with Gasteiger partial charge < -0.3 is 15.7 Å². The molecular formula is C17H17ClN2O2. The smallest absolute Gasteiger partial charge is 0.323 e. The number of aliphatic hydroxyl groups excluding tert-OH is 1. The number of rotatable bonds is 2. The number of hydrogen-bond acceptors (Lipinski definition) is 2. The van der Waals surface area contributed by atoms with E-state index >= 15 is 0 Å². The first kappa shape index (κ1) is 14.9. The van der Waals surface area contributed by atoms with Crippen molar-refractivity contribution in [3.8, 4) is 0 Å². The lowest BCUT2D eigenvalue weighted by atomic mass is 9.88. The molecule has 4 nitrogen and oxygen atoms in total. The van der Waals surface area contributed by atoms with Crippen LogP contribution in [-0.2, 0) is 12.8 Å². The molecule has 1 aliphatic rings. The van der Waals surface area contributed by atoms with Crippen LogP contribution in [0.4, 0.5) is 16.2 Å². The summed E-state index contributed by atoms with van der Waals surface area (Å²) in [6, 6.07) is 12.4. The van der Waals surface area contributed by atoms with Crippen LogP contribution in [0.2, 0.25) is 5.02 Å². The first-order valence-electron chi connectivity index (χ1n) is 7.24. The quantitative estimate of drug-likeness (QED) is 0.788. The van der Waals surface area contributed by atoms with E-state index in [4.69, 9.17) is 11.6 Å². The van der Waals surface area contributed by atoms with E-state index in [9.17, 15) is 9.90 Å². The Hall–Kier alpha value is -2.04. The van der Waals surface area contributed by atoms with Gasteiger partial charge in [-0.3, -0.25) is 0 Å². The van der Waals surface area contributed by atoms with E-state index in [1.165, 1.54) is 5.56 Å². The van der Waals surface area contributed by atoms with Gasteiger partial charge in [-0.05, 0) is 54.3 Å². The first-order valence-corrected chi connectivity index (χ1v) is 7.62. The number of nitrogens with one attached hydrogen (secondary N) is 2. The minimum atomic E-state index is -0.338. The number of fused-ring (bicyclic) bond motifs is 1. The maximum Gasteiger partial charge on any atom is 0.323 e. The Bertz CT molecular complexity index is 686. The highest BCUT2D eigenvalue weighted by molar-refractivity contribution is 6.30. The Morgan fingerprint density at radius 3 is 2.68 bits per heavy atom. The second-order valence-corrected chi connectivity index (χ2v) is 5.86. The van der Waals surface area contributed by atoms with Crippen molar-refractivity contribution in [3.05, 3.63) is 58.6 Å². The van der Waals surface area contributed by atoms with Crippen molar-refractivity contribution in [2.24, 2.45) is 0 Å². The normalized spacial score (nSPS) is 16.7. The van der Waals surface area contributed by atoms with Crippen molar-refractivity contribution in [1.29, 1.82) is 0 Å². The number of aryl methyl sites for hydroxylation is 1. The van der Waals surface area contributed by atoms with Crippen LogP contribution >= 0.6 is 11.6 Å². The molecule has 0 heterocycles. The SMILES string of the molecule is O=C(Nc1ccc(Cl)cc1)Nc1cccc2c1CC(O)CC2. The summed E-state index contributed by atoms with van der Waals surface area (Å²) in [5.74, 6) is 0. The van der Waals surface area contributed by atoms with Gasteiger partial charge in [0.25, 0.3) is 0 Å². The monoisotopic (exact) mass is 316 g/mol. The molecule has 2 aromatic rings. The van der Waals surface area contributed by atoms with E-state index in [1.807, 2.05) is 18.2 Å². The highest BCUT2D eigenvalue weighted by Gasteiger charge is 2.19. The van der Waals surface area contributed by atoms with Gasteiger partial charge in [-0.2, -0.15) is 0 Å². The fraction of sp³-hybridized carbons (Fsp3) is 0.235. The molecule has 0 spiro atoms. The molecule has 0 saturated heterocycles. The summed E-state index contributed by atoms with van der Waals surface area (Å²) in [7, 11) is 0. The molecule has 0 fully saturated rings. The number of aliphatic hydroxyl groups is 1. The largest absolute Gasteiger partial charge is 0.393 e. The number of urea groups is 1. The maximum absolute atomic E-state index is 12.1. The van der Waals surface area contributed by atoms with E-state index in [-0.39, 0.29) is 12.1 Å². The lowest BCUT2D eigenvalue weighted by Crippen LogP contribution is -2.24. The minimum Gasteiger partial charge on any atom is -0.393 e. The van der Waals surface area contributed by atoms with E-state index in [1.54, 1.807) is 24.3 Å². The van der Waals surface area contributed by atoms with Crippen molar-refractivity contribution in [2.75, 3.05) is 10.6 Å². The van der Waals surface area contributed by atoms with Crippen LogP contribution in [0.3, 0.4) is 0 Å². The summed E-state index contributed by atoms with van der Waals surface area (Å²) in [5, 5.41) is 16.1. The molecule has 0 bridgehead atoms. The lowest BCUT2D eigenvalue weighted by Gasteiger charge is -2.23. The summed E-state index contributed by atoms with van der Waals surface area (Å²) in [4.78, 5) is 12.1. The van der Waals surface area contributed by atoms with Crippen molar-refractivity contribution in [2.45, 2.75) is 25.4 Å². The number of halogens is 1. The molecule has 114 valence electrons. The second-order valence-electron chi connectivity index (χ2n) is 5.43. The van der Waals surface area contributed by atoms with Gasteiger partial charge in [0.2, 0.25) is 0 Å². The predicted octanol–water partition coefficient (Wildman–Crippen LogP) is 3.83. The van der Waals surface area contributed by atoms with E-state index in [2.05, 4.69) is 10.6 Å². The average molecular weight is 317 g/mol. The van der Waals surface area contributed by atoms with E-state index in [0.29, 0.717) is 17.1 Å². The van der Waals surface area contributed by atoms with Crippen LogP contribution < -0.4 is 10.6 Å². The third-order valence-corrected chi connectivity index (χ3v) is 4.06. The first-order chi connectivity index (χ1) is 10.6. The van der Waals surface area contributed by atoms with Gasteiger partial charge in [-0.15, -0.1) is 0 Å². The minimum absolute atomic E-state index is 0.309. The molecule has 1 aliphatic carbocycles. The van der Waals surface area contributed by atoms with Gasteiger partial charge in [0.05, 0.1) is 6.10 Å². The number of anilines is 2. The van der Waals surface area contributed by atoms with E-state index < -0.39 is 0 Å². The Balaban J connectivity index is 1.73. The van der Waals surface area contributed by atoms with Gasteiger partial charge >= 0.3 is 6.03 Å². The Labute approximate surface area is 134 Å². The zero-order valence-electron chi connectivity index (χ0n) is 12.0. The van der Waals surface area contributed by atoms with Gasteiger partial charge in [0.1, 0.15) is 0 Å². The fourth-order valence-corrected chi connectivity index (χ4v) is 2.83. The standard InChI is InChI=1S/C17H17ClN2O2/c18-12-5-7-13(8-6-12)19-17(22)20-16-3-1-2-11-4-9-14(21)10-15(11)16/h1-3,5-8,14,21H,4,9-10H2,(H2,19,20,22). The van der Waals surface area contributed by atoms with Gasteiger partial charge in [0.15, 0.2) is 0 Å². The average Bonchev–Trinajstić information content (AvgIpc) is 2.50. The van der Waals surface area contributed by atoms with Crippen LogP contribution in [0, 0.1) is 0 Å². The highest BCUT2D eigenvalue weighted by atomic mass is 35.5. The van der Waals surface area contributed by atoms with Crippen LogP contribution in [-0.4, -0.2) is 17.2 Å². The fourth-order valence-electron chi connectivity index (χ4n) is 2.70. The summed E-state index contributed by atoms with van der Waals surface area (Å²) in [6.45, 7) is 0. The molecule has 22 heavy (non-hydrogen) atoms. The summed E-state index contributed by atoms with van der Waals surface area (Å²) >= 11 is 5.82. The third kappa shape index (κ3) is 3.40. The maximum atomic E-state index is 12.1. The molecule has 1 atom stereocenters. The Kier molecular flexibility index (Phi) is 4.32. The highest BCUT2D eigenvalue weighted by Crippen LogP contribution is 2.28. The van der Waals surface area contributed by atoms with Gasteiger partial charge in [-0.1, -0.05) is 23.7 Å². The molecule has 0 aliphatic heterocycles. The number of amides is 2. The van der Waals surface area contributed by atoms with Crippen LogP contribution in [0.25, 0.3) is 0 Å². The molecule has 0 aromatic heterocycles. The molecule has 0 radical (unpaired) electrons. The van der Waals surface area contributed by atoms with Crippen LogP contribution in [0.1, 0.15) is 17.5 Å². The topological polar surface area (TPSA) is 61.4 Å². The molecule has 0 saturated carbocycles. The van der Waals surface area contributed by atoms with E-state index in [0.717, 1.165) is 24.1 Å². The zero-order valence-corrected chi connectivity index (χ0v) is 12.7. The molecule has 5 heteroatoms. The third-order valence-electron chi connectivity index (χ3n) is 3.81. The molecule has 2 aromatic carbocycles.